The average molecular weight is 1620 g/mol. The number of benzene rings is 7. The molecule has 0 unspecified atom stereocenters. The third-order valence-electron chi connectivity index (χ3n) is 13.8. The highest BCUT2D eigenvalue weighted by atomic mass is 35.5. The number of aryl methyl sites for hydroxylation is 1. The Labute approximate surface area is 586 Å². The Hall–Kier alpha value is -7.97. The van der Waals surface area contributed by atoms with Crippen LogP contribution in [0.15, 0.2) is 175 Å². The monoisotopic (exact) mass is 1620 g/mol. The number of alkyl halides is 18. The fourth-order valence-corrected chi connectivity index (χ4v) is 13.0. The lowest BCUT2D eigenvalue weighted by molar-refractivity contribution is -0.153. The zero-order chi connectivity index (χ0) is 78.5. The number of phenolic OH excluding ortho intramolecular Hbond substituents is 1. The van der Waals surface area contributed by atoms with Crippen molar-refractivity contribution in [3.8, 4) is 11.5 Å². The number of nitrogens with zero attached hydrogens (tertiary/aromatic N) is 2. The zero-order valence-electron chi connectivity index (χ0n) is 51.8. The zero-order valence-corrected chi connectivity index (χ0v) is 57.4. The maximum absolute atomic E-state index is 13.2. The molecule has 5 N–H and O–H groups in total. The van der Waals surface area contributed by atoms with Gasteiger partial charge >= 0.3 is 73.8 Å². The molecule has 0 radical (unpaired) electrons. The van der Waals surface area contributed by atoms with E-state index in [9.17, 15) is 126 Å². The van der Waals surface area contributed by atoms with Crippen molar-refractivity contribution in [3.05, 3.63) is 242 Å². The van der Waals surface area contributed by atoms with Crippen molar-refractivity contribution in [1.29, 1.82) is 0 Å². The van der Waals surface area contributed by atoms with Gasteiger partial charge in [-0.05, 0) is 65.6 Å². The van der Waals surface area contributed by atoms with Crippen molar-refractivity contribution in [2.75, 3.05) is 6.61 Å². The van der Waals surface area contributed by atoms with Crippen LogP contribution < -0.4 is 23.6 Å². The van der Waals surface area contributed by atoms with Crippen LogP contribution in [0.1, 0.15) is 88.8 Å². The molecule has 18 nitrogen and oxygen atoms in total. The first-order chi connectivity index (χ1) is 47.0. The van der Waals surface area contributed by atoms with Gasteiger partial charge in [0, 0.05) is 33.0 Å². The van der Waals surface area contributed by atoms with Gasteiger partial charge in [-0.1, -0.05) is 176 Å². The summed E-state index contributed by atoms with van der Waals surface area (Å²) in [5, 5.41) is 10.6. The normalized spacial score (nSPS) is 14.5. The van der Waals surface area contributed by atoms with Gasteiger partial charge in [0.05, 0.1) is 42.2 Å². The fraction of sp³-hybridized carbons (Fsp3) is 0.267. The van der Waals surface area contributed by atoms with Crippen LogP contribution in [0.5, 0.6) is 11.5 Å². The van der Waals surface area contributed by atoms with E-state index < -0.39 is 154 Å². The second kappa shape index (κ2) is 34.3. The maximum Gasteiger partial charge on any atom is 0.511 e. The summed E-state index contributed by atoms with van der Waals surface area (Å²) in [7, 11) is -29.3. The van der Waals surface area contributed by atoms with E-state index in [4.69, 9.17) is 36.3 Å². The Morgan fingerprint density at radius 3 is 1.13 bits per heavy atom. The van der Waals surface area contributed by atoms with Gasteiger partial charge in [0.15, 0.2) is 18.0 Å². The number of sulfonamides is 4. The number of phenols is 1. The molecule has 0 aliphatic rings. The molecule has 562 valence electrons. The Morgan fingerprint density at radius 1 is 0.408 bits per heavy atom. The summed E-state index contributed by atoms with van der Waals surface area (Å²) in [5.41, 5.74) is -27.2. The fourth-order valence-electron chi connectivity index (χ4n) is 8.63. The van der Waals surface area contributed by atoms with Gasteiger partial charge in [0.25, 0.3) is 9.84 Å². The number of sulfone groups is 1. The van der Waals surface area contributed by atoms with Crippen molar-refractivity contribution in [3.63, 3.8) is 0 Å². The summed E-state index contributed by atoms with van der Waals surface area (Å²) in [6, 6.07) is 28.1. The summed E-state index contributed by atoms with van der Waals surface area (Å²) >= 11 is 12.2. The van der Waals surface area contributed by atoms with E-state index >= 15 is 0 Å². The van der Waals surface area contributed by atoms with E-state index in [1.807, 2.05) is 0 Å². The highest BCUT2D eigenvalue weighted by Crippen LogP contribution is 2.44. The number of para-hydroxylation sites is 2. The smallest absolute Gasteiger partial charge is 0.508 e. The third kappa shape index (κ3) is 23.8. The van der Waals surface area contributed by atoms with E-state index in [0.717, 1.165) is 64.0 Å². The first kappa shape index (κ1) is 87.4. The molecule has 0 amide bonds. The Bertz CT molecular complexity index is 4740. The molecule has 0 heterocycles. The van der Waals surface area contributed by atoms with Crippen LogP contribution in [0.4, 0.5) is 90.4 Å². The highest BCUT2D eigenvalue weighted by molar-refractivity contribution is 7.92. The van der Waals surface area contributed by atoms with Gasteiger partial charge in [-0.15, -0.1) is 0 Å². The van der Waals surface area contributed by atoms with Gasteiger partial charge < -0.3 is 9.84 Å². The van der Waals surface area contributed by atoms with Gasteiger partial charge in [-0.25, -0.2) is 51.8 Å². The lowest BCUT2D eigenvalue weighted by atomic mass is 9.89. The quantitative estimate of drug-likeness (QED) is 0.0353. The standard InChI is InChI=1S/C18H15F9N2O6S2.C18H14F3N3O2S.C16H14Cl2F3NO2S.C8H7F3O2S/c19-16(20,21)9-35-13-8-4-2-6-11(13)15(29-37(33,34)18(25,26)27)14(10-5-1-3-7-12(10)30)28-36(31,32)17(22,23)24;1-12(13-4-8-15(22-2)9-5-13)17(24-27(25,26)18(19,20)21)14-6-10-16(23-3)11-7-14;1-10(11-6-2-4-8-13(11)17)15(12-7-3-5-9-14(12)18)22-25(23,24)16(19,20)21;1-6-2-4-7(5-3-6)14(12,13)8(9,10)11/h1-8,14-15,28-30H,9H2;4-12,17,24H,1H3;2-10,15,22H,1H3;2-5H,1H3/t14-,15-;12-,17+;10-,15+;/m111./s1. The van der Waals surface area contributed by atoms with Crippen molar-refractivity contribution in [2.45, 2.75) is 95.4 Å². The molecule has 0 saturated carbocycles. The molecular weight excluding hydrogens is 1570 g/mol. The van der Waals surface area contributed by atoms with E-state index in [2.05, 4.69) is 14.4 Å². The first-order valence-corrected chi connectivity index (χ1v) is 35.9. The minimum absolute atomic E-state index is 0.149. The number of halogens is 20. The summed E-state index contributed by atoms with van der Waals surface area (Å²) in [4.78, 5) is 5.73. The topological polar surface area (TPSA) is 257 Å². The second-order valence-electron chi connectivity index (χ2n) is 21.0. The molecule has 7 aromatic carbocycles. The summed E-state index contributed by atoms with van der Waals surface area (Å²) < 4.78 is 356. The molecule has 103 heavy (non-hydrogen) atoms. The van der Waals surface area contributed by atoms with Crippen LogP contribution in [0, 0.1) is 20.1 Å². The lowest BCUT2D eigenvalue weighted by Crippen LogP contribution is -2.47. The number of ether oxygens (including phenoxy) is 1. The van der Waals surface area contributed by atoms with Crippen molar-refractivity contribution >= 4 is 84.5 Å². The first-order valence-electron chi connectivity index (χ1n) is 27.8. The molecular formula is C60H50Cl2F18N6O12S5. The third-order valence-corrected chi connectivity index (χ3v) is 20.7. The SMILES string of the molecule is C[C@H](c1ccccc1Cl)[C@H](NS(=O)(=O)C(F)(F)F)c1ccccc1Cl.Cc1ccc(S(=O)(=O)C(F)(F)F)cc1.O=S(=O)(N[C@H](c1ccccc1O)[C@H](NS(=O)(=O)C(F)(F)F)c1ccccc1OCC(F)(F)F)C(F)(F)F.[C-]#[N+]c1ccc([C@@H](C)[C@H](NS(=O)(=O)C(F)(F)F)c2ccc([N+]#[C-])cc2)cc1. The number of hydrogen-bond donors (Lipinski definition) is 5. The molecule has 43 heteroatoms. The van der Waals surface area contributed by atoms with E-state index in [1.54, 1.807) is 78.7 Å². The molecule has 0 aromatic heterocycles. The van der Waals surface area contributed by atoms with Gasteiger partial charge in [0.1, 0.15) is 11.5 Å². The minimum Gasteiger partial charge on any atom is -0.508 e. The molecule has 7 rings (SSSR count). The number of nitrogens with one attached hydrogen (secondary N) is 4. The second-order valence-corrected chi connectivity index (χ2v) is 30.5. The Morgan fingerprint density at radius 2 is 0.748 bits per heavy atom. The van der Waals surface area contributed by atoms with E-state index in [1.165, 1.54) is 60.7 Å². The predicted molar refractivity (Wildman–Crippen MR) is 339 cm³/mol. The largest absolute Gasteiger partial charge is 0.511 e. The molecule has 0 aliphatic heterocycles. The van der Waals surface area contributed by atoms with Gasteiger partial charge in [0.2, 0.25) is 0 Å². The molecule has 6 atom stereocenters. The number of aromatic hydroxyl groups is 1. The average Bonchev–Trinajstić information content (AvgIpc) is 0.784. The molecule has 0 spiro atoms. The van der Waals surface area contributed by atoms with E-state index in [-0.39, 0.29) is 21.8 Å². The predicted octanol–water partition coefficient (Wildman–Crippen LogP) is 16.6. The molecule has 7 aromatic rings. The Balaban J connectivity index is 0.000000304. The van der Waals surface area contributed by atoms with E-state index in [0.29, 0.717) is 33.5 Å². The molecule has 0 bridgehead atoms. The van der Waals surface area contributed by atoms with Crippen LogP contribution in [0.25, 0.3) is 9.69 Å². The van der Waals surface area contributed by atoms with Crippen LogP contribution in [-0.2, 0) is 49.9 Å². The lowest BCUT2D eigenvalue weighted by Gasteiger charge is -2.31. The van der Waals surface area contributed by atoms with Gasteiger partial charge in [-0.2, -0.15) is 97.9 Å². The number of rotatable bonds is 20. The Kier molecular flexibility index (Phi) is 29.1. The molecule has 0 aliphatic carbocycles. The van der Waals surface area contributed by atoms with Crippen LogP contribution >= 0.6 is 23.2 Å². The summed E-state index contributed by atoms with van der Waals surface area (Å²) in [6.07, 6.45) is -5.01. The van der Waals surface area contributed by atoms with Gasteiger partial charge in [-0.3, -0.25) is 0 Å². The number of hydrogen-bond acceptors (Lipinski definition) is 12. The highest BCUT2D eigenvalue weighted by Gasteiger charge is 2.53. The van der Waals surface area contributed by atoms with Crippen molar-refractivity contribution in [1.82, 2.24) is 18.9 Å². The van der Waals surface area contributed by atoms with Crippen LogP contribution in [0.3, 0.4) is 0 Å². The maximum atomic E-state index is 13.2. The molecule has 0 fully saturated rings. The summed E-state index contributed by atoms with van der Waals surface area (Å²) in [6.45, 7) is 16.7. The van der Waals surface area contributed by atoms with Crippen molar-refractivity contribution in [2.24, 2.45) is 0 Å². The van der Waals surface area contributed by atoms with Crippen molar-refractivity contribution < 1.29 is 131 Å². The summed E-state index contributed by atoms with van der Waals surface area (Å²) in [5.74, 6) is -3.32. The minimum atomic E-state index is -6.49. The van der Waals surface area contributed by atoms with Crippen LogP contribution in [0.2, 0.25) is 10.0 Å². The van der Waals surface area contributed by atoms with Crippen LogP contribution in [-0.4, -0.2) is 87.5 Å². The molecule has 0 saturated heterocycles.